The van der Waals surface area contributed by atoms with Gasteiger partial charge in [-0.25, -0.2) is 9.78 Å². The van der Waals surface area contributed by atoms with Gasteiger partial charge in [0.1, 0.15) is 0 Å². The second-order valence-electron chi connectivity index (χ2n) is 3.85. The molecule has 21 heavy (non-hydrogen) atoms. The number of carbonyl (C=O) groups is 1. The first kappa shape index (κ1) is 16.2. The second-order valence-corrected chi connectivity index (χ2v) is 3.85. The largest absolute Gasteiger partial charge is 0.490 e. The minimum absolute atomic E-state index is 0.694. The van der Waals surface area contributed by atoms with Crippen molar-refractivity contribution in [3.8, 4) is 6.07 Å². The number of hydrogen-bond donors (Lipinski definition) is 1. The van der Waals surface area contributed by atoms with Crippen LogP contribution in [0.2, 0.25) is 0 Å². The number of hydrogen-bond acceptors (Lipinski definition) is 3. The first-order valence-corrected chi connectivity index (χ1v) is 5.58. The van der Waals surface area contributed by atoms with Crippen LogP contribution >= 0.6 is 0 Å². The van der Waals surface area contributed by atoms with E-state index in [4.69, 9.17) is 15.2 Å². The van der Waals surface area contributed by atoms with Crippen LogP contribution in [0.3, 0.4) is 0 Å². The van der Waals surface area contributed by atoms with Gasteiger partial charge in [-0.3, -0.25) is 0 Å². The lowest BCUT2D eigenvalue weighted by atomic mass is 10.1. The summed E-state index contributed by atoms with van der Waals surface area (Å²) in [6, 6.07) is 9.66. The van der Waals surface area contributed by atoms with Crippen LogP contribution in [0.4, 0.5) is 13.2 Å². The molecule has 0 aliphatic rings. The van der Waals surface area contributed by atoms with Gasteiger partial charge in [0.25, 0.3) is 0 Å². The van der Waals surface area contributed by atoms with E-state index in [0.717, 1.165) is 6.54 Å². The average Bonchev–Trinajstić information content (AvgIpc) is 2.92. The Hall–Kier alpha value is -2.82. The van der Waals surface area contributed by atoms with Crippen LogP contribution in [0.15, 0.2) is 43.0 Å². The third kappa shape index (κ3) is 5.78. The van der Waals surface area contributed by atoms with E-state index in [0.29, 0.717) is 5.56 Å². The van der Waals surface area contributed by atoms with Gasteiger partial charge < -0.3 is 9.67 Å². The summed E-state index contributed by atoms with van der Waals surface area (Å²) in [5, 5.41) is 15.7. The van der Waals surface area contributed by atoms with Crippen molar-refractivity contribution in [3.05, 3.63) is 54.1 Å². The zero-order valence-electron chi connectivity index (χ0n) is 10.6. The highest BCUT2D eigenvalue weighted by atomic mass is 19.4. The van der Waals surface area contributed by atoms with Crippen molar-refractivity contribution >= 4 is 5.97 Å². The van der Waals surface area contributed by atoms with E-state index < -0.39 is 12.1 Å². The predicted octanol–water partition coefficient (Wildman–Crippen LogP) is 2.44. The zero-order chi connectivity index (χ0) is 15.9. The van der Waals surface area contributed by atoms with Crippen LogP contribution in [0, 0.1) is 11.3 Å². The molecule has 5 nitrogen and oxygen atoms in total. The topological polar surface area (TPSA) is 78.9 Å². The molecular weight excluding hydrogens is 287 g/mol. The number of aromatic nitrogens is 2. The number of carboxylic acids is 1. The minimum Gasteiger partial charge on any atom is -0.475 e. The molecule has 2 rings (SSSR count). The van der Waals surface area contributed by atoms with Gasteiger partial charge in [0.05, 0.1) is 18.0 Å². The Labute approximate surface area is 117 Å². The molecule has 0 unspecified atom stereocenters. The van der Waals surface area contributed by atoms with Crippen LogP contribution in [0.1, 0.15) is 11.1 Å². The van der Waals surface area contributed by atoms with Crippen LogP contribution < -0.4 is 0 Å². The molecule has 2 aromatic rings. The smallest absolute Gasteiger partial charge is 0.475 e. The van der Waals surface area contributed by atoms with E-state index in [1.54, 1.807) is 12.5 Å². The Kier molecular flexibility index (Phi) is 5.48. The molecule has 1 N–H and O–H groups in total. The molecule has 1 aromatic carbocycles. The maximum absolute atomic E-state index is 10.6. The molecule has 0 atom stereocenters. The summed E-state index contributed by atoms with van der Waals surface area (Å²) >= 11 is 0. The van der Waals surface area contributed by atoms with Gasteiger partial charge in [-0.2, -0.15) is 18.4 Å². The van der Waals surface area contributed by atoms with Crippen molar-refractivity contribution < 1.29 is 23.1 Å². The number of aliphatic carboxylic acids is 1. The van der Waals surface area contributed by atoms with Crippen LogP contribution in [0.5, 0.6) is 0 Å². The Bertz CT molecular complexity index is 614. The van der Waals surface area contributed by atoms with Crippen LogP contribution in [0.25, 0.3) is 0 Å². The van der Waals surface area contributed by atoms with Crippen molar-refractivity contribution in [2.24, 2.45) is 0 Å². The molecule has 110 valence electrons. The Morgan fingerprint density at radius 2 is 1.90 bits per heavy atom. The first-order valence-electron chi connectivity index (χ1n) is 5.58. The summed E-state index contributed by atoms with van der Waals surface area (Å²) in [5.41, 5.74) is 1.86. The summed E-state index contributed by atoms with van der Waals surface area (Å²) in [5.74, 6) is -2.76. The molecule has 0 amide bonds. The Balaban J connectivity index is 0.000000270. The van der Waals surface area contributed by atoms with Gasteiger partial charge in [-0.05, 0) is 17.7 Å². The molecular formula is C13H10F3N3O2. The standard InChI is InChI=1S/C11H9N3.C2HF3O2/c12-7-10-1-3-11(4-2-10)8-14-6-5-13-9-14;3-2(4,5)1(6)7/h1-6,9H,8H2;(H,6,7). The minimum atomic E-state index is -5.08. The molecule has 0 aliphatic heterocycles. The zero-order valence-corrected chi connectivity index (χ0v) is 10.6. The van der Waals surface area contributed by atoms with Crippen molar-refractivity contribution in [3.63, 3.8) is 0 Å². The van der Waals surface area contributed by atoms with E-state index >= 15 is 0 Å². The maximum Gasteiger partial charge on any atom is 0.490 e. The highest BCUT2D eigenvalue weighted by Crippen LogP contribution is 2.13. The van der Waals surface area contributed by atoms with Crippen LogP contribution in [-0.2, 0) is 11.3 Å². The molecule has 0 radical (unpaired) electrons. The predicted molar refractivity (Wildman–Crippen MR) is 66.2 cm³/mol. The number of benzene rings is 1. The molecule has 8 heteroatoms. The van der Waals surface area contributed by atoms with Crippen molar-refractivity contribution in [1.29, 1.82) is 5.26 Å². The fourth-order valence-corrected chi connectivity index (χ4v) is 1.28. The fraction of sp³-hybridized carbons (Fsp3) is 0.154. The summed E-state index contributed by atoms with van der Waals surface area (Å²) in [6.45, 7) is 0.797. The highest BCUT2D eigenvalue weighted by molar-refractivity contribution is 5.73. The molecule has 1 aromatic heterocycles. The average molecular weight is 297 g/mol. The van der Waals surface area contributed by atoms with Gasteiger partial charge in [-0.1, -0.05) is 12.1 Å². The molecule has 0 saturated carbocycles. The number of rotatable bonds is 2. The third-order valence-electron chi connectivity index (χ3n) is 2.25. The van der Waals surface area contributed by atoms with E-state index in [-0.39, 0.29) is 0 Å². The Morgan fingerprint density at radius 3 is 2.29 bits per heavy atom. The van der Waals surface area contributed by atoms with Gasteiger partial charge in [-0.15, -0.1) is 0 Å². The van der Waals surface area contributed by atoms with Crippen molar-refractivity contribution in [2.75, 3.05) is 0 Å². The van der Waals surface area contributed by atoms with Gasteiger partial charge >= 0.3 is 12.1 Å². The maximum atomic E-state index is 10.6. The lowest BCUT2D eigenvalue weighted by Gasteiger charge is -2.01. The summed E-state index contributed by atoms with van der Waals surface area (Å²) in [6.07, 6.45) is 0.361. The Morgan fingerprint density at radius 1 is 1.33 bits per heavy atom. The van der Waals surface area contributed by atoms with Gasteiger partial charge in [0.15, 0.2) is 0 Å². The van der Waals surface area contributed by atoms with Gasteiger partial charge in [0.2, 0.25) is 0 Å². The molecule has 0 fully saturated rings. The van der Waals surface area contributed by atoms with E-state index in [2.05, 4.69) is 11.1 Å². The van der Waals surface area contributed by atoms with Crippen LogP contribution in [-0.4, -0.2) is 26.8 Å². The van der Waals surface area contributed by atoms with E-state index in [9.17, 15) is 13.2 Å². The second kappa shape index (κ2) is 7.09. The fourth-order valence-electron chi connectivity index (χ4n) is 1.28. The number of alkyl halides is 3. The monoisotopic (exact) mass is 297 g/mol. The lowest BCUT2D eigenvalue weighted by Crippen LogP contribution is -2.21. The first-order chi connectivity index (χ1) is 9.82. The summed E-state index contributed by atoms with van der Waals surface area (Å²) in [4.78, 5) is 12.9. The van der Waals surface area contributed by atoms with E-state index in [1.807, 2.05) is 35.0 Å². The number of nitriles is 1. The number of carboxylic acid groups (broad SMARTS) is 1. The summed E-state index contributed by atoms with van der Waals surface area (Å²) in [7, 11) is 0. The number of nitrogens with zero attached hydrogens (tertiary/aromatic N) is 3. The molecule has 0 saturated heterocycles. The number of imidazole rings is 1. The number of halogens is 3. The summed E-state index contributed by atoms with van der Waals surface area (Å²) < 4.78 is 33.7. The van der Waals surface area contributed by atoms with E-state index in [1.165, 1.54) is 5.56 Å². The SMILES string of the molecule is N#Cc1ccc(Cn2ccnc2)cc1.O=C(O)C(F)(F)F. The van der Waals surface area contributed by atoms with Crippen molar-refractivity contribution in [1.82, 2.24) is 9.55 Å². The van der Waals surface area contributed by atoms with Crippen molar-refractivity contribution in [2.45, 2.75) is 12.7 Å². The molecule has 0 aliphatic carbocycles. The molecule has 0 bridgehead atoms. The quantitative estimate of drug-likeness (QED) is 0.923. The van der Waals surface area contributed by atoms with Gasteiger partial charge in [0, 0.05) is 18.9 Å². The third-order valence-corrected chi connectivity index (χ3v) is 2.25. The highest BCUT2D eigenvalue weighted by Gasteiger charge is 2.38. The molecule has 0 spiro atoms. The molecule has 1 heterocycles. The lowest BCUT2D eigenvalue weighted by molar-refractivity contribution is -0.192. The normalized spacial score (nSPS) is 10.2.